The van der Waals surface area contributed by atoms with Crippen molar-refractivity contribution in [1.29, 1.82) is 0 Å². The summed E-state index contributed by atoms with van der Waals surface area (Å²) in [7, 11) is 1.38. The lowest BCUT2D eigenvalue weighted by atomic mass is 9.82. The molecule has 0 N–H and O–H groups in total. The molecule has 40 heavy (non-hydrogen) atoms. The fourth-order valence-corrected chi connectivity index (χ4v) is 4.80. The lowest BCUT2D eigenvalue weighted by Gasteiger charge is -2.25. The second kappa shape index (κ2) is 14.4. The number of rotatable bonds is 12. The van der Waals surface area contributed by atoms with Gasteiger partial charge in [-0.3, -0.25) is 14.4 Å². The highest BCUT2D eigenvalue weighted by molar-refractivity contribution is 5.85. The van der Waals surface area contributed by atoms with Crippen LogP contribution in [0, 0.1) is 17.8 Å². The van der Waals surface area contributed by atoms with E-state index in [1.165, 1.54) is 7.11 Å². The molecule has 3 aromatic carbocycles. The number of esters is 3. The summed E-state index contributed by atoms with van der Waals surface area (Å²) in [5.41, 5.74) is 2.40. The number of methoxy groups -OCH3 is 1. The van der Waals surface area contributed by atoms with Gasteiger partial charge in [0.2, 0.25) is 0 Å². The quantitative estimate of drug-likeness (QED) is 0.235. The number of carbonyl (C=O) groups excluding carboxylic acids is 3. The Morgan fingerprint density at radius 3 is 1.52 bits per heavy atom. The molecule has 0 bridgehead atoms. The molecule has 0 aromatic heterocycles. The Bertz CT molecular complexity index is 1230. The zero-order valence-electron chi connectivity index (χ0n) is 22.6. The molecule has 0 spiro atoms. The average Bonchev–Trinajstić information content (AvgIpc) is 3.39. The van der Waals surface area contributed by atoms with Gasteiger partial charge in [-0.05, 0) is 23.1 Å². The SMILES string of the molecule is CCC(C(=O)OCc1ccccc1)C1OC(OC)C(C(=O)OCc2ccccc2)C1C(=O)OCc1ccccc1. The van der Waals surface area contributed by atoms with Crippen LogP contribution in [0.3, 0.4) is 0 Å². The Hall–Kier alpha value is -4.01. The maximum Gasteiger partial charge on any atom is 0.315 e. The van der Waals surface area contributed by atoms with Crippen LogP contribution in [0.1, 0.15) is 30.0 Å². The van der Waals surface area contributed by atoms with Crippen LogP contribution in [0.2, 0.25) is 0 Å². The van der Waals surface area contributed by atoms with E-state index in [0.717, 1.165) is 16.7 Å². The van der Waals surface area contributed by atoms with Gasteiger partial charge < -0.3 is 23.7 Å². The van der Waals surface area contributed by atoms with Gasteiger partial charge in [0.1, 0.15) is 31.7 Å². The normalized spacial score (nSPS) is 20.9. The molecule has 1 aliphatic heterocycles. The first-order valence-corrected chi connectivity index (χ1v) is 13.3. The number of hydrogen-bond acceptors (Lipinski definition) is 8. The zero-order chi connectivity index (χ0) is 28.3. The summed E-state index contributed by atoms with van der Waals surface area (Å²) < 4.78 is 28.4. The Morgan fingerprint density at radius 2 is 1.10 bits per heavy atom. The van der Waals surface area contributed by atoms with Crippen LogP contribution in [0.15, 0.2) is 91.0 Å². The van der Waals surface area contributed by atoms with Crippen molar-refractivity contribution in [3.8, 4) is 0 Å². The third-order valence-corrected chi connectivity index (χ3v) is 6.91. The van der Waals surface area contributed by atoms with E-state index < -0.39 is 48.1 Å². The summed E-state index contributed by atoms with van der Waals surface area (Å²) in [6.45, 7) is 1.89. The van der Waals surface area contributed by atoms with Crippen molar-refractivity contribution in [2.75, 3.05) is 7.11 Å². The van der Waals surface area contributed by atoms with Crippen molar-refractivity contribution in [1.82, 2.24) is 0 Å². The average molecular weight is 547 g/mol. The van der Waals surface area contributed by atoms with Gasteiger partial charge in [0.05, 0.1) is 12.0 Å². The fraction of sp³-hybridized carbons (Fsp3) is 0.344. The van der Waals surface area contributed by atoms with Crippen molar-refractivity contribution in [2.45, 2.75) is 45.6 Å². The summed E-state index contributed by atoms with van der Waals surface area (Å²) in [6, 6.07) is 27.7. The van der Waals surface area contributed by atoms with Crippen LogP contribution in [-0.4, -0.2) is 37.4 Å². The molecule has 1 fully saturated rings. The molecule has 0 radical (unpaired) electrons. The monoisotopic (exact) mass is 546 g/mol. The fourth-order valence-electron chi connectivity index (χ4n) is 4.80. The van der Waals surface area contributed by atoms with Gasteiger partial charge in [0.25, 0.3) is 0 Å². The van der Waals surface area contributed by atoms with Gasteiger partial charge in [-0.15, -0.1) is 0 Å². The van der Waals surface area contributed by atoms with E-state index in [4.69, 9.17) is 23.7 Å². The molecule has 1 heterocycles. The van der Waals surface area contributed by atoms with E-state index in [2.05, 4.69) is 0 Å². The van der Waals surface area contributed by atoms with Crippen LogP contribution in [-0.2, 0) is 57.9 Å². The Kier molecular flexibility index (Phi) is 10.4. The van der Waals surface area contributed by atoms with Gasteiger partial charge >= 0.3 is 17.9 Å². The molecule has 210 valence electrons. The summed E-state index contributed by atoms with van der Waals surface area (Å²) in [4.78, 5) is 40.2. The Balaban J connectivity index is 1.55. The van der Waals surface area contributed by atoms with Crippen LogP contribution in [0.5, 0.6) is 0 Å². The highest BCUT2D eigenvalue weighted by Crippen LogP contribution is 2.40. The lowest BCUT2D eigenvalue weighted by molar-refractivity contribution is -0.175. The summed E-state index contributed by atoms with van der Waals surface area (Å²) in [6.07, 6.45) is -1.82. The number of carbonyl (C=O) groups is 3. The molecule has 0 saturated carbocycles. The molecular weight excluding hydrogens is 512 g/mol. The number of hydrogen-bond donors (Lipinski definition) is 0. The molecule has 0 amide bonds. The Labute approximate surface area is 234 Å². The summed E-state index contributed by atoms with van der Waals surface area (Å²) in [5.74, 6) is -5.02. The maximum absolute atomic E-state index is 13.6. The predicted molar refractivity (Wildman–Crippen MR) is 145 cm³/mol. The number of ether oxygens (including phenoxy) is 5. The van der Waals surface area contributed by atoms with E-state index in [1.807, 2.05) is 91.0 Å². The third-order valence-electron chi connectivity index (χ3n) is 6.91. The van der Waals surface area contributed by atoms with Crippen molar-refractivity contribution in [2.24, 2.45) is 17.8 Å². The molecule has 0 aliphatic carbocycles. The minimum atomic E-state index is -1.15. The summed E-state index contributed by atoms with van der Waals surface area (Å²) >= 11 is 0. The van der Waals surface area contributed by atoms with Gasteiger partial charge in [-0.25, -0.2) is 0 Å². The van der Waals surface area contributed by atoms with Gasteiger partial charge in [-0.1, -0.05) is 97.9 Å². The smallest absolute Gasteiger partial charge is 0.315 e. The molecule has 4 rings (SSSR count). The van der Waals surface area contributed by atoms with Crippen molar-refractivity contribution in [3.63, 3.8) is 0 Å². The van der Waals surface area contributed by atoms with Gasteiger partial charge in [0.15, 0.2) is 6.29 Å². The lowest BCUT2D eigenvalue weighted by Crippen LogP contribution is -2.41. The molecule has 5 unspecified atom stereocenters. The second-order valence-electron chi connectivity index (χ2n) is 9.55. The van der Waals surface area contributed by atoms with E-state index in [1.54, 1.807) is 6.92 Å². The summed E-state index contributed by atoms with van der Waals surface area (Å²) in [5, 5.41) is 0. The first kappa shape index (κ1) is 29.0. The molecule has 3 aromatic rings. The molecular formula is C32H34O8. The van der Waals surface area contributed by atoms with E-state index in [9.17, 15) is 14.4 Å². The highest BCUT2D eigenvalue weighted by atomic mass is 16.7. The highest BCUT2D eigenvalue weighted by Gasteiger charge is 2.57. The first-order valence-electron chi connectivity index (χ1n) is 13.3. The molecule has 8 heteroatoms. The standard InChI is InChI=1S/C32H34O8/c1-3-25(29(33)37-19-22-13-7-4-8-14-22)28-26(30(34)38-20-23-15-9-5-10-16-23)27(32(36-2)40-28)31(35)39-21-24-17-11-6-12-18-24/h4-18,25-28,32H,3,19-21H2,1-2H3. The van der Waals surface area contributed by atoms with E-state index in [0.29, 0.717) is 6.42 Å². The van der Waals surface area contributed by atoms with E-state index in [-0.39, 0.29) is 19.8 Å². The van der Waals surface area contributed by atoms with E-state index >= 15 is 0 Å². The topological polar surface area (TPSA) is 97.4 Å². The predicted octanol–water partition coefficient (Wildman–Crippen LogP) is 4.85. The zero-order valence-corrected chi connectivity index (χ0v) is 22.6. The molecule has 1 aliphatic rings. The van der Waals surface area contributed by atoms with Gasteiger partial charge in [0, 0.05) is 7.11 Å². The van der Waals surface area contributed by atoms with Crippen LogP contribution in [0.4, 0.5) is 0 Å². The van der Waals surface area contributed by atoms with Gasteiger partial charge in [-0.2, -0.15) is 0 Å². The minimum absolute atomic E-state index is 0.00156. The maximum atomic E-state index is 13.6. The molecule has 1 saturated heterocycles. The van der Waals surface area contributed by atoms with Crippen molar-refractivity contribution >= 4 is 17.9 Å². The third kappa shape index (κ3) is 7.34. The minimum Gasteiger partial charge on any atom is -0.461 e. The largest absolute Gasteiger partial charge is 0.461 e. The molecule has 5 atom stereocenters. The van der Waals surface area contributed by atoms with Crippen molar-refractivity contribution in [3.05, 3.63) is 108 Å². The Morgan fingerprint density at radius 1 is 0.675 bits per heavy atom. The molecule has 8 nitrogen and oxygen atoms in total. The first-order chi connectivity index (χ1) is 19.5. The van der Waals surface area contributed by atoms with Crippen LogP contribution >= 0.6 is 0 Å². The number of benzene rings is 3. The second-order valence-corrected chi connectivity index (χ2v) is 9.55. The van der Waals surface area contributed by atoms with Crippen LogP contribution < -0.4 is 0 Å². The van der Waals surface area contributed by atoms with Crippen molar-refractivity contribution < 1.29 is 38.1 Å². The van der Waals surface area contributed by atoms with Crippen LogP contribution in [0.25, 0.3) is 0 Å².